The SMILES string of the molecule is CNc1nc(NC2CCC(C)C(C)C2)cc(C(F)(F)F)n1. The summed E-state index contributed by atoms with van der Waals surface area (Å²) in [5.41, 5.74) is -0.929. The van der Waals surface area contributed by atoms with E-state index in [2.05, 4.69) is 34.4 Å². The molecule has 3 unspecified atom stereocenters. The minimum atomic E-state index is -4.47. The average molecular weight is 302 g/mol. The fraction of sp³-hybridized carbons (Fsp3) is 0.714. The second-order valence-electron chi connectivity index (χ2n) is 5.82. The molecule has 4 nitrogen and oxygen atoms in total. The Bertz CT molecular complexity index is 490. The second kappa shape index (κ2) is 6.07. The third-order valence-electron chi connectivity index (χ3n) is 4.19. The van der Waals surface area contributed by atoms with E-state index in [1.165, 1.54) is 7.05 Å². The number of alkyl halides is 3. The molecule has 0 spiro atoms. The summed E-state index contributed by atoms with van der Waals surface area (Å²) in [7, 11) is 1.50. The summed E-state index contributed by atoms with van der Waals surface area (Å²) in [5.74, 6) is 1.42. The van der Waals surface area contributed by atoms with Crippen LogP contribution in [0.5, 0.6) is 0 Å². The Morgan fingerprint density at radius 2 is 1.86 bits per heavy atom. The fourth-order valence-corrected chi connectivity index (χ4v) is 2.67. The molecule has 0 amide bonds. The molecule has 21 heavy (non-hydrogen) atoms. The lowest BCUT2D eigenvalue weighted by molar-refractivity contribution is -0.141. The van der Waals surface area contributed by atoms with Crippen LogP contribution in [-0.4, -0.2) is 23.1 Å². The van der Waals surface area contributed by atoms with Gasteiger partial charge >= 0.3 is 6.18 Å². The molecule has 1 heterocycles. The van der Waals surface area contributed by atoms with Crippen molar-refractivity contribution in [2.75, 3.05) is 17.7 Å². The van der Waals surface area contributed by atoms with Crippen molar-refractivity contribution in [1.82, 2.24) is 9.97 Å². The van der Waals surface area contributed by atoms with Gasteiger partial charge in [0, 0.05) is 19.2 Å². The summed E-state index contributed by atoms with van der Waals surface area (Å²) in [5, 5.41) is 5.70. The quantitative estimate of drug-likeness (QED) is 0.892. The van der Waals surface area contributed by atoms with Crippen LogP contribution in [0.3, 0.4) is 0 Å². The number of hydrogen-bond acceptors (Lipinski definition) is 4. The van der Waals surface area contributed by atoms with E-state index < -0.39 is 11.9 Å². The molecule has 1 saturated carbocycles. The third kappa shape index (κ3) is 3.98. The molecule has 1 aromatic heterocycles. The molecule has 0 aliphatic heterocycles. The first-order valence-corrected chi connectivity index (χ1v) is 7.20. The Morgan fingerprint density at radius 1 is 1.14 bits per heavy atom. The van der Waals surface area contributed by atoms with Crippen molar-refractivity contribution in [1.29, 1.82) is 0 Å². The predicted octanol–water partition coefficient (Wildman–Crippen LogP) is 3.77. The average Bonchev–Trinajstić information content (AvgIpc) is 2.41. The van der Waals surface area contributed by atoms with Gasteiger partial charge in [0.05, 0.1) is 0 Å². The normalized spacial score (nSPS) is 26.5. The van der Waals surface area contributed by atoms with Crippen LogP contribution < -0.4 is 10.6 Å². The van der Waals surface area contributed by atoms with E-state index in [-0.39, 0.29) is 17.8 Å². The lowest BCUT2D eigenvalue weighted by atomic mass is 9.79. The highest BCUT2D eigenvalue weighted by molar-refractivity contribution is 5.43. The number of aromatic nitrogens is 2. The van der Waals surface area contributed by atoms with E-state index in [1.54, 1.807) is 0 Å². The van der Waals surface area contributed by atoms with Gasteiger partial charge in [-0.3, -0.25) is 0 Å². The number of rotatable bonds is 3. The van der Waals surface area contributed by atoms with Gasteiger partial charge < -0.3 is 10.6 Å². The maximum Gasteiger partial charge on any atom is 0.433 e. The van der Waals surface area contributed by atoms with E-state index in [9.17, 15) is 13.2 Å². The number of anilines is 2. The van der Waals surface area contributed by atoms with Gasteiger partial charge in [0.15, 0.2) is 5.69 Å². The first-order chi connectivity index (χ1) is 9.79. The van der Waals surface area contributed by atoms with Crippen molar-refractivity contribution in [3.05, 3.63) is 11.8 Å². The van der Waals surface area contributed by atoms with Crippen LogP contribution in [0.25, 0.3) is 0 Å². The molecule has 7 heteroatoms. The topological polar surface area (TPSA) is 49.8 Å². The Hall–Kier alpha value is -1.53. The lowest BCUT2D eigenvalue weighted by Gasteiger charge is -2.32. The lowest BCUT2D eigenvalue weighted by Crippen LogP contribution is -2.31. The van der Waals surface area contributed by atoms with Crippen LogP contribution in [0, 0.1) is 11.8 Å². The third-order valence-corrected chi connectivity index (χ3v) is 4.19. The Kier molecular flexibility index (Phi) is 4.58. The van der Waals surface area contributed by atoms with E-state index in [1.807, 2.05) is 0 Å². The van der Waals surface area contributed by atoms with Crippen LogP contribution in [0.4, 0.5) is 24.9 Å². The van der Waals surface area contributed by atoms with E-state index in [4.69, 9.17) is 0 Å². The van der Waals surface area contributed by atoms with Gasteiger partial charge in [0.25, 0.3) is 0 Å². The molecule has 0 radical (unpaired) electrons. The summed E-state index contributed by atoms with van der Waals surface area (Å²) in [6.45, 7) is 4.39. The van der Waals surface area contributed by atoms with Crippen LogP contribution in [0.15, 0.2) is 6.07 Å². The molecule has 1 aromatic rings. The number of halogens is 3. The Balaban J connectivity index is 2.16. The zero-order valence-electron chi connectivity index (χ0n) is 12.5. The molecule has 2 N–H and O–H groups in total. The van der Waals surface area contributed by atoms with Crippen LogP contribution in [-0.2, 0) is 6.18 Å². The summed E-state index contributed by atoms with van der Waals surface area (Å²) >= 11 is 0. The summed E-state index contributed by atoms with van der Waals surface area (Å²) in [6.07, 6.45) is -1.50. The fourth-order valence-electron chi connectivity index (χ4n) is 2.67. The standard InChI is InChI=1S/C14H21F3N4/c1-8-4-5-10(6-9(8)2)19-12-7-11(14(15,16)17)20-13(18-3)21-12/h7-10H,4-6H2,1-3H3,(H2,18,19,20,21). The molecule has 1 aliphatic carbocycles. The molecule has 118 valence electrons. The zero-order valence-corrected chi connectivity index (χ0v) is 12.5. The van der Waals surface area contributed by atoms with Crippen LogP contribution in [0.1, 0.15) is 38.8 Å². The maximum atomic E-state index is 12.8. The summed E-state index contributed by atoms with van der Waals surface area (Å²) < 4.78 is 38.5. The highest BCUT2D eigenvalue weighted by Crippen LogP contribution is 2.33. The molecular formula is C14H21F3N4. The van der Waals surface area contributed by atoms with Crippen LogP contribution >= 0.6 is 0 Å². The molecule has 0 bridgehead atoms. The number of nitrogens with one attached hydrogen (secondary N) is 2. The van der Waals surface area contributed by atoms with E-state index >= 15 is 0 Å². The van der Waals surface area contributed by atoms with Crippen LogP contribution in [0.2, 0.25) is 0 Å². The molecule has 1 aliphatic rings. The van der Waals surface area contributed by atoms with Gasteiger partial charge in [-0.1, -0.05) is 13.8 Å². The van der Waals surface area contributed by atoms with Crippen molar-refractivity contribution in [3.8, 4) is 0 Å². The van der Waals surface area contributed by atoms with Gasteiger partial charge in [0.1, 0.15) is 5.82 Å². The van der Waals surface area contributed by atoms with Gasteiger partial charge in [0.2, 0.25) is 5.95 Å². The molecular weight excluding hydrogens is 281 g/mol. The van der Waals surface area contributed by atoms with Gasteiger partial charge in [-0.25, -0.2) is 4.98 Å². The molecule has 0 saturated heterocycles. The highest BCUT2D eigenvalue weighted by atomic mass is 19.4. The van der Waals surface area contributed by atoms with Crippen molar-refractivity contribution in [2.45, 2.75) is 45.3 Å². The minimum Gasteiger partial charge on any atom is -0.367 e. The number of nitrogens with zero attached hydrogens (tertiary/aromatic N) is 2. The Morgan fingerprint density at radius 3 is 2.43 bits per heavy atom. The molecule has 0 aromatic carbocycles. The largest absolute Gasteiger partial charge is 0.433 e. The summed E-state index contributed by atoms with van der Waals surface area (Å²) in [4.78, 5) is 7.53. The minimum absolute atomic E-state index is 0.0236. The second-order valence-corrected chi connectivity index (χ2v) is 5.82. The predicted molar refractivity (Wildman–Crippen MR) is 76.2 cm³/mol. The highest BCUT2D eigenvalue weighted by Gasteiger charge is 2.34. The molecule has 3 atom stereocenters. The molecule has 1 fully saturated rings. The van der Waals surface area contributed by atoms with Gasteiger partial charge in [-0.05, 0) is 31.1 Å². The maximum absolute atomic E-state index is 12.8. The monoisotopic (exact) mass is 302 g/mol. The van der Waals surface area contributed by atoms with Crippen molar-refractivity contribution in [2.24, 2.45) is 11.8 Å². The van der Waals surface area contributed by atoms with E-state index in [0.717, 1.165) is 25.3 Å². The first kappa shape index (κ1) is 15.9. The van der Waals surface area contributed by atoms with Crippen molar-refractivity contribution < 1.29 is 13.2 Å². The van der Waals surface area contributed by atoms with Gasteiger partial charge in [-0.15, -0.1) is 0 Å². The Labute approximate surface area is 122 Å². The number of hydrogen-bond donors (Lipinski definition) is 2. The zero-order chi connectivity index (χ0) is 15.6. The van der Waals surface area contributed by atoms with Crippen molar-refractivity contribution >= 4 is 11.8 Å². The van der Waals surface area contributed by atoms with Crippen molar-refractivity contribution in [3.63, 3.8) is 0 Å². The van der Waals surface area contributed by atoms with E-state index in [0.29, 0.717) is 11.8 Å². The van der Waals surface area contributed by atoms with Gasteiger partial charge in [-0.2, -0.15) is 18.2 Å². The smallest absolute Gasteiger partial charge is 0.367 e. The summed E-state index contributed by atoms with van der Waals surface area (Å²) in [6, 6.07) is 1.14. The first-order valence-electron chi connectivity index (χ1n) is 7.20. The molecule has 2 rings (SSSR count).